The fraction of sp³-hybridized carbons (Fsp3) is 0.158. The summed E-state index contributed by atoms with van der Waals surface area (Å²) in [4.78, 5) is 23.5. The predicted molar refractivity (Wildman–Crippen MR) is 102 cm³/mol. The van der Waals surface area contributed by atoms with Gasteiger partial charge in [-0.1, -0.05) is 23.7 Å². The number of ether oxygens (including phenoxy) is 3. The molecule has 0 heterocycles. The molecule has 28 heavy (non-hydrogen) atoms. The smallest absolute Gasteiger partial charge is 0.276 e. The lowest BCUT2D eigenvalue weighted by molar-refractivity contribution is -0.128. The van der Waals surface area contributed by atoms with Crippen molar-refractivity contribution in [2.24, 2.45) is 0 Å². The molecule has 0 bridgehead atoms. The van der Waals surface area contributed by atoms with E-state index in [4.69, 9.17) is 25.8 Å². The highest BCUT2D eigenvalue weighted by Crippen LogP contribution is 2.36. The van der Waals surface area contributed by atoms with Crippen LogP contribution in [0.25, 0.3) is 6.08 Å². The van der Waals surface area contributed by atoms with Gasteiger partial charge in [-0.25, -0.2) is 4.39 Å². The molecule has 0 aliphatic carbocycles. The Morgan fingerprint density at radius 2 is 1.86 bits per heavy atom. The molecule has 0 unspecified atom stereocenters. The Morgan fingerprint density at radius 1 is 1.11 bits per heavy atom. The SMILES string of the molecule is COc1cc(/C=C/C(=O)NNC(=O)COc2ccccc2F)cc(Cl)c1OC. The van der Waals surface area contributed by atoms with Crippen molar-refractivity contribution >= 4 is 29.5 Å². The molecule has 2 rings (SSSR count). The molecule has 2 N–H and O–H groups in total. The first-order chi connectivity index (χ1) is 13.4. The van der Waals surface area contributed by atoms with Gasteiger partial charge < -0.3 is 14.2 Å². The van der Waals surface area contributed by atoms with E-state index < -0.39 is 24.2 Å². The number of halogens is 2. The van der Waals surface area contributed by atoms with Crippen LogP contribution in [-0.4, -0.2) is 32.6 Å². The van der Waals surface area contributed by atoms with Gasteiger partial charge in [-0.2, -0.15) is 0 Å². The zero-order chi connectivity index (χ0) is 20.5. The molecule has 148 valence electrons. The minimum absolute atomic E-state index is 0.0609. The van der Waals surface area contributed by atoms with Gasteiger partial charge in [-0.3, -0.25) is 20.4 Å². The lowest BCUT2D eigenvalue weighted by atomic mass is 10.2. The number of hydrazine groups is 1. The highest BCUT2D eigenvalue weighted by molar-refractivity contribution is 6.32. The second-order valence-electron chi connectivity index (χ2n) is 5.33. The van der Waals surface area contributed by atoms with E-state index in [1.54, 1.807) is 18.2 Å². The van der Waals surface area contributed by atoms with Crippen LogP contribution in [0.1, 0.15) is 5.56 Å². The van der Waals surface area contributed by atoms with E-state index in [0.717, 1.165) is 0 Å². The van der Waals surface area contributed by atoms with E-state index in [0.29, 0.717) is 22.1 Å². The highest BCUT2D eigenvalue weighted by Gasteiger charge is 2.10. The van der Waals surface area contributed by atoms with Crippen molar-refractivity contribution in [1.29, 1.82) is 0 Å². The van der Waals surface area contributed by atoms with Crippen LogP contribution in [0.4, 0.5) is 4.39 Å². The molecule has 7 nitrogen and oxygen atoms in total. The summed E-state index contributed by atoms with van der Waals surface area (Å²) in [7, 11) is 2.93. The molecule has 0 spiro atoms. The third-order valence-corrected chi connectivity index (χ3v) is 3.68. The van der Waals surface area contributed by atoms with E-state index in [2.05, 4.69) is 10.9 Å². The maximum Gasteiger partial charge on any atom is 0.276 e. The van der Waals surface area contributed by atoms with Crippen molar-refractivity contribution in [2.45, 2.75) is 0 Å². The molecule has 2 amide bonds. The maximum absolute atomic E-state index is 13.4. The molecule has 9 heteroatoms. The summed E-state index contributed by atoms with van der Waals surface area (Å²) < 4.78 is 28.7. The molecule has 0 radical (unpaired) electrons. The van der Waals surface area contributed by atoms with Gasteiger partial charge in [-0.05, 0) is 35.9 Å². The number of hydrogen-bond donors (Lipinski definition) is 2. The van der Waals surface area contributed by atoms with Crippen LogP contribution in [0.3, 0.4) is 0 Å². The first kappa shape index (κ1) is 21.0. The van der Waals surface area contributed by atoms with Gasteiger partial charge in [0.15, 0.2) is 29.7 Å². The van der Waals surface area contributed by atoms with Crippen molar-refractivity contribution in [1.82, 2.24) is 10.9 Å². The van der Waals surface area contributed by atoms with Crippen LogP contribution in [0, 0.1) is 5.82 Å². The van der Waals surface area contributed by atoms with Gasteiger partial charge in [0.25, 0.3) is 11.8 Å². The lowest BCUT2D eigenvalue weighted by Gasteiger charge is -2.10. The molecule has 2 aromatic rings. The number of amides is 2. The average Bonchev–Trinajstić information content (AvgIpc) is 2.69. The Kier molecular flexibility index (Phi) is 7.65. The van der Waals surface area contributed by atoms with Crippen LogP contribution in [0.15, 0.2) is 42.5 Å². The Labute approximate surface area is 166 Å². The molecule has 0 aliphatic rings. The van der Waals surface area contributed by atoms with E-state index in [-0.39, 0.29) is 5.75 Å². The maximum atomic E-state index is 13.4. The van der Waals surface area contributed by atoms with Crippen molar-refractivity contribution in [3.8, 4) is 17.2 Å². The summed E-state index contributed by atoms with van der Waals surface area (Å²) in [5, 5.41) is 0.320. The molecule has 0 atom stereocenters. The number of para-hydroxylation sites is 1. The minimum Gasteiger partial charge on any atom is -0.493 e. The Morgan fingerprint density at radius 3 is 2.54 bits per heavy atom. The van der Waals surface area contributed by atoms with Gasteiger partial charge in [0, 0.05) is 6.08 Å². The fourth-order valence-electron chi connectivity index (χ4n) is 2.12. The monoisotopic (exact) mass is 408 g/mol. The van der Waals surface area contributed by atoms with Gasteiger partial charge in [0.05, 0.1) is 19.2 Å². The second-order valence-corrected chi connectivity index (χ2v) is 5.74. The second kappa shape index (κ2) is 10.2. The summed E-state index contributed by atoms with van der Waals surface area (Å²) >= 11 is 6.09. The zero-order valence-electron chi connectivity index (χ0n) is 15.1. The third-order valence-electron chi connectivity index (χ3n) is 3.40. The van der Waals surface area contributed by atoms with Gasteiger partial charge in [-0.15, -0.1) is 0 Å². The van der Waals surface area contributed by atoms with E-state index in [9.17, 15) is 14.0 Å². The highest BCUT2D eigenvalue weighted by atomic mass is 35.5. The largest absolute Gasteiger partial charge is 0.493 e. The molecular formula is C19H18ClFN2O5. The summed E-state index contributed by atoms with van der Waals surface area (Å²) in [6.07, 6.45) is 2.67. The third kappa shape index (κ3) is 5.88. The Hall–Kier alpha value is -3.26. The Bertz CT molecular complexity index is 889. The molecule has 2 aromatic carbocycles. The lowest BCUT2D eigenvalue weighted by Crippen LogP contribution is -2.43. The van der Waals surface area contributed by atoms with Crippen LogP contribution in [0.2, 0.25) is 5.02 Å². The van der Waals surface area contributed by atoms with E-state index in [1.807, 2.05) is 0 Å². The van der Waals surface area contributed by atoms with E-state index >= 15 is 0 Å². The normalized spacial score (nSPS) is 10.4. The molecule has 0 aromatic heterocycles. The fourth-order valence-corrected chi connectivity index (χ4v) is 2.42. The number of rotatable bonds is 7. The van der Waals surface area contributed by atoms with Gasteiger partial charge >= 0.3 is 0 Å². The molecule has 0 saturated carbocycles. The summed E-state index contributed by atoms with van der Waals surface area (Å²) in [6.45, 7) is -0.462. The number of carbonyl (C=O) groups is 2. The summed E-state index contributed by atoms with van der Waals surface area (Å²) in [5.41, 5.74) is 4.92. The molecule has 0 aliphatic heterocycles. The Balaban J connectivity index is 1.86. The van der Waals surface area contributed by atoms with Crippen LogP contribution in [0.5, 0.6) is 17.2 Å². The number of carbonyl (C=O) groups excluding carboxylic acids is 2. The first-order valence-electron chi connectivity index (χ1n) is 8.00. The molecular weight excluding hydrogens is 391 g/mol. The first-order valence-corrected chi connectivity index (χ1v) is 8.38. The van der Waals surface area contributed by atoms with Crippen molar-refractivity contribution in [3.63, 3.8) is 0 Å². The minimum atomic E-state index is -0.654. The standard InChI is InChI=1S/C19H18ClFN2O5/c1-26-16-10-12(9-13(20)19(16)27-2)7-8-17(24)22-23-18(25)11-28-15-6-4-3-5-14(15)21/h3-10H,11H2,1-2H3,(H,22,24)(H,23,25)/b8-7+. The zero-order valence-corrected chi connectivity index (χ0v) is 15.9. The number of benzene rings is 2. The van der Waals surface area contributed by atoms with Gasteiger partial charge in [0.2, 0.25) is 0 Å². The molecule has 0 fully saturated rings. The summed E-state index contributed by atoms with van der Waals surface area (Å²) in [6, 6.07) is 8.89. The van der Waals surface area contributed by atoms with Crippen LogP contribution >= 0.6 is 11.6 Å². The number of nitrogens with one attached hydrogen (secondary N) is 2. The van der Waals surface area contributed by atoms with Crippen LogP contribution in [-0.2, 0) is 9.59 Å². The quantitative estimate of drug-likeness (QED) is 0.543. The topological polar surface area (TPSA) is 85.9 Å². The summed E-state index contributed by atoms with van der Waals surface area (Å²) in [5.74, 6) is -1.10. The average molecular weight is 409 g/mol. The molecule has 0 saturated heterocycles. The van der Waals surface area contributed by atoms with Crippen molar-refractivity contribution < 1.29 is 28.2 Å². The number of methoxy groups -OCH3 is 2. The predicted octanol–water partition coefficient (Wildman–Crippen LogP) is 2.74. The van der Waals surface area contributed by atoms with Crippen molar-refractivity contribution in [3.05, 3.63) is 58.9 Å². The van der Waals surface area contributed by atoms with Crippen LogP contribution < -0.4 is 25.1 Å². The van der Waals surface area contributed by atoms with E-state index in [1.165, 1.54) is 44.6 Å². The van der Waals surface area contributed by atoms with Crippen molar-refractivity contribution in [2.75, 3.05) is 20.8 Å². The number of hydrogen-bond acceptors (Lipinski definition) is 5. The van der Waals surface area contributed by atoms with Gasteiger partial charge in [0.1, 0.15) is 0 Å².